The molecule has 1 rings (SSSR count). The summed E-state index contributed by atoms with van der Waals surface area (Å²) in [5, 5.41) is 0. The van der Waals surface area contributed by atoms with Gasteiger partial charge in [0.15, 0.2) is 0 Å². The summed E-state index contributed by atoms with van der Waals surface area (Å²) in [4.78, 5) is 26.4. The molecule has 0 aliphatic heterocycles. The lowest BCUT2D eigenvalue weighted by atomic mass is 10.2. The second kappa shape index (κ2) is 6.18. The third kappa shape index (κ3) is 4.01. The highest BCUT2D eigenvalue weighted by atomic mass is 16.5. The second-order valence-electron chi connectivity index (χ2n) is 3.92. The van der Waals surface area contributed by atoms with Gasteiger partial charge in [-0.15, -0.1) is 0 Å². The van der Waals surface area contributed by atoms with Crippen LogP contribution in [-0.4, -0.2) is 21.4 Å². The number of hydrogen-bond donors (Lipinski definition) is 0. The molecule has 0 atom stereocenters. The molecule has 0 radical (unpaired) electrons. The fourth-order valence-electron chi connectivity index (χ4n) is 1.50. The van der Waals surface area contributed by atoms with Gasteiger partial charge in [0.1, 0.15) is 12.4 Å². The minimum atomic E-state index is -0.350. The summed E-state index contributed by atoms with van der Waals surface area (Å²) >= 11 is 0. The van der Waals surface area contributed by atoms with E-state index in [0.29, 0.717) is 5.69 Å². The van der Waals surface area contributed by atoms with Crippen molar-refractivity contribution in [2.75, 3.05) is 0 Å². The molecule has 0 N–H and O–H groups in total. The third-order valence-corrected chi connectivity index (χ3v) is 2.35. The van der Waals surface area contributed by atoms with E-state index in [9.17, 15) is 9.59 Å². The van der Waals surface area contributed by atoms with Gasteiger partial charge in [0.25, 0.3) is 0 Å². The molecule has 0 fully saturated rings. The first-order valence-electron chi connectivity index (χ1n) is 5.76. The van der Waals surface area contributed by atoms with Gasteiger partial charge in [-0.05, 0) is 6.42 Å². The average Bonchev–Trinajstić information content (AvgIpc) is 2.67. The van der Waals surface area contributed by atoms with E-state index in [0.717, 1.165) is 25.1 Å². The van der Waals surface area contributed by atoms with Gasteiger partial charge in [0.2, 0.25) is 5.91 Å². The molecule has 1 heterocycles. The zero-order valence-corrected chi connectivity index (χ0v) is 10.5. The quantitative estimate of drug-likeness (QED) is 0.735. The van der Waals surface area contributed by atoms with E-state index in [1.54, 1.807) is 6.20 Å². The number of nitrogens with zero attached hydrogens (tertiary/aromatic N) is 2. The maximum absolute atomic E-state index is 11.4. The summed E-state index contributed by atoms with van der Waals surface area (Å²) in [5.74, 6) is 0.316. The van der Waals surface area contributed by atoms with Crippen molar-refractivity contribution in [2.24, 2.45) is 0 Å². The van der Waals surface area contributed by atoms with Gasteiger partial charge in [0.05, 0.1) is 5.69 Å². The van der Waals surface area contributed by atoms with Crippen LogP contribution in [0.5, 0.6) is 0 Å². The summed E-state index contributed by atoms with van der Waals surface area (Å²) < 4.78 is 6.38. The van der Waals surface area contributed by atoms with Crippen LogP contribution in [0.2, 0.25) is 0 Å². The topological polar surface area (TPSA) is 61.2 Å². The summed E-state index contributed by atoms with van der Waals surface area (Å²) in [6.07, 6.45) is 4.42. The summed E-state index contributed by atoms with van der Waals surface area (Å²) in [6.45, 7) is 5.04. The SMILES string of the molecule is CCCCc1nc(COC(C)=O)cn1C(C)=O. The van der Waals surface area contributed by atoms with Crippen LogP contribution in [0.3, 0.4) is 0 Å². The Bertz CT molecular complexity index is 410. The molecule has 0 aromatic carbocycles. The van der Waals surface area contributed by atoms with Crippen molar-refractivity contribution in [2.45, 2.75) is 46.6 Å². The Morgan fingerprint density at radius 3 is 2.65 bits per heavy atom. The molecule has 0 aliphatic rings. The number of ether oxygens (including phenoxy) is 1. The third-order valence-electron chi connectivity index (χ3n) is 2.35. The van der Waals surface area contributed by atoms with Crippen molar-refractivity contribution < 1.29 is 14.3 Å². The largest absolute Gasteiger partial charge is 0.459 e. The van der Waals surface area contributed by atoms with E-state index < -0.39 is 0 Å². The van der Waals surface area contributed by atoms with Crippen LogP contribution in [-0.2, 0) is 22.6 Å². The van der Waals surface area contributed by atoms with Crippen molar-refractivity contribution in [1.82, 2.24) is 9.55 Å². The van der Waals surface area contributed by atoms with Gasteiger partial charge < -0.3 is 4.74 Å². The van der Waals surface area contributed by atoms with Crippen LogP contribution >= 0.6 is 0 Å². The molecule has 0 aliphatic carbocycles. The molecule has 5 heteroatoms. The van der Waals surface area contributed by atoms with Crippen LogP contribution in [0.15, 0.2) is 6.20 Å². The first kappa shape index (κ1) is 13.4. The highest BCUT2D eigenvalue weighted by Crippen LogP contribution is 2.08. The number of esters is 1. The number of carbonyl (C=O) groups is 2. The summed E-state index contributed by atoms with van der Waals surface area (Å²) in [6, 6.07) is 0. The maximum Gasteiger partial charge on any atom is 0.303 e. The molecular weight excluding hydrogens is 220 g/mol. The van der Waals surface area contributed by atoms with E-state index >= 15 is 0 Å². The fourth-order valence-corrected chi connectivity index (χ4v) is 1.50. The van der Waals surface area contributed by atoms with E-state index in [4.69, 9.17) is 4.74 Å². The number of imidazole rings is 1. The number of carbonyl (C=O) groups excluding carboxylic acids is 2. The minimum Gasteiger partial charge on any atom is -0.459 e. The van der Waals surface area contributed by atoms with Crippen molar-refractivity contribution in [3.05, 3.63) is 17.7 Å². The van der Waals surface area contributed by atoms with Crippen molar-refractivity contribution in [3.63, 3.8) is 0 Å². The zero-order valence-electron chi connectivity index (χ0n) is 10.5. The predicted molar refractivity (Wildman–Crippen MR) is 62.6 cm³/mol. The lowest BCUT2D eigenvalue weighted by Gasteiger charge is -2.01. The molecule has 1 aromatic heterocycles. The highest BCUT2D eigenvalue weighted by molar-refractivity contribution is 5.76. The highest BCUT2D eigenvalue weighted by Gasteiger charge is 2.11. The molecule has 0 unspecified atom stereocenters. The molecule has 0 bridgehead atoms. The van der Waals surface area contributed by atoms with E-state index in [2.05, 4.69) is 11.9 Å². The number of aryl methyl sites for hydroxylation is 1. The van der Waals surface area contributed by atoms with Crippen LogP contribution in [0.1, 0.15) is 49.9 Å². The smallest absolute Gasteiger partial charge is 0.303 e. The van der Waals surface area contributed by atoms with Gasteiger partial charge in [-0.1, -0.05) is 13.3 Å². The molecule has 0 saturated heterocycles. The van der Waals surface area contributed by atoms with Crippen LogP contribution in [0.4, 0.5) is 0 Å². The fraction of sp³-hybridized carbons (Fsp3) is 0.583. The Morgan fingerprint density at radius 2 is 2.12 bits per heavy atom. The van der Waals surface area contributed by atoms with Gasteiger partial charge >= 0.3 is 5.97 Å². The Labute approximate surface area is 101 Å². The van der Waals surface area contributed by atoms with E-state index in [-0.39, 0.29) is 18.5 Å². The Balaban J connectivity index is 2.79. The number of unbranched alkanes of at least 4 members (excludes halogenated alkanes) is 1. The number of aromatic nitrogens is 2. The lowest BCUT2D eigenvalue weighted by Crippen LogP contribution is -2.09. The number of rotatable bonds is 5. The minimum absolute atomic E-state index is 0.0716. The Morgan fingerprint density at radius 1 is 1.41 bits per heavy atom. The monoisotopic (exact) mass is 238 g/mol. The molecule has 5 nitrogen and oxygen atoms in total. The molecular formula is C12H18N2O3. The standard InChI is InChI=1S/C12H18N2O3/c1-4-5-6-12-13-11(8-17-10(3)16)7-14(12)9(2)15/h7H,4-6,8H2,1-3H3. The molecule has 0 amide bonds. The predicted octanol–water partition coefficient (Wildman–Crippen LogP) is 1.95. The van der Waals surface area contributed by atoms with Crippen molar-refractivity contribution >= 4 is 11.9 Å². The molecule has 0 spiro atoms. The van der Waals surface area contributed by atoms with Gasteiger partial charge in [0, 0.05) is 26.5 Å². The van der Waals surface area contributed by atoms with Crippen LogP contribution < -0.4 is 0 Å². The molecule has 17 heavy (non-hydrogen) atoms. The first-order chi connectivity index (χ1) is 8.04. The van der Waals surface area contributed by atoms with E-state index in [1.165, 1.54) is 18.4 Å². The number of hydrogen-bond acceptors (Lipinski definition) is 4. The normalized spacial score (nSPS) is 10.3. The zero-order chi connectivity index (χ0) is 12.8. The van der Waals surface area contributed by atoms with Crippen molar-refractivity contribution in [3.8, 4) is 0 Å². The Kier molecular flexibility index (Phi) is 4.87. The average molecular weight is 238 g/mol. The molecule has 1 aromatic rings. The summed E-state index contributed by atoms with van der Waals surface area (Å²) in [5.41, 5.74) is 0.613. The van der Waals surface area contributed by atoms with Gasteiger partial charge in [-0.2, -0.15) is 0 Å². The molecule has 94 valence electrons. The lowest BCUT2D eigenvalue weighted by molar-refractivity contribution is -0.142. The maximum atomic E-state index is 11.4. The van der Waals surface area contributed by atoms with Crippen molar-refractivity contribution in [1.29, 1.82) is 0 Å². The first-order valence-corrected chi connectivity index (χ1v) is 5.76. The Hall–Kier alpha value is -1.65. The van der Waals surface area contributed by atoms with Crippen LogP contribution in [0, 0.1) is 0 Å². The van der Waals surface area contributed by atoms with Gasteiger partial charge in [-0.3, -0.25) is 14.2 Å². The molecule has 0 saturated carbocycles. The van der Waals surface area contributed by atoms with E-state index in [1.807, 2.05) is 0 Å². The summed E-state index contributed by atoms with van der Waals surface area (Å²) in [7, 11) is 0. The van der Waals surface area contributed by atoms with Crippen LogP contribution in [0.25, 0.3) is 0 Å². The van der Waals surface area contributed by atoms with Gasteiger partial charge in [-0.25, -0.2) is 4.98 Å². The second-order valence-corrected chi connectivity index (χ2v) is 3.92.